The minimum absolute atomic E-state index is 0.309. The molecule has 1 fully saturated rings. The van der Waals surface area contributed by atoms with Gasteiger partial charge in [0.25, 0.3) is 0 Å². The predicted octanol–water partition coefficient (Wildman–Crippen LogP) is 4.52. The predicted molar refractivity (Wildman–Crippen MR) is 90.1 cm³/mol. The van der Waals surface area contributed by atoms with Crippen molar-refractivity contribution in [2.45, 2.75) is 51.7 Å². The Labute approximate surface area is 136 Å². The van der Waals surface area contributed by atoms with Crippen molar-refractivity contribution in [3.05, 3.63) is 22.2 Å². The number of ether oxygens (including phenoxy) is 2. The number of methoxy groups -OCH3 is 1. The van der Waals surface area contributed by atoms with Gasteiger partial charge in [0.2, 0.25) is 0 Å². The Hall–Kier alpha value is -0.740. The lowest BCUT2D eigenvalue weighted by molar-refractivity contribution is 0.0865. The first-order chi connectivity index (χ1) is 10.2. The smallest absolute Gasteiger partial charge is 0.175 e. The minimum Gasteiger partial charge on any atom is -0.493 e. The zero-order valence-corrected chi connectivity index (χ0v) is 14.8. The fourth-order valence-corrected chi connectivity index (χ4v) is 3.72. The van der Waals surface area contributed by atoms with E-state index in [9.17, 15) is 0 Å². The molecule has 1 aromatic rings. The third-order valence-electron chi connectivity index (χ3n) is 4.30. The van der Waals surface area contributed by atoms with Crippen molar-refractivity contribution in [3.63, 3.8) is 0 Å². The Bertz CT molecular complexity index is 464. The number of rotatable bonds is 6. The van der Waals surface area contributed by atoms with Crippen molar-refractivity contribution in [3.8, 4) is 11.5 Å². The molecule has 118 valence electrons. The summed E-state index contributed by atoms with van der Waals surface area (Å²) in [6.45, 7) is 3.07. The molecule has 3 nitrogen and oxygen atoms in total. The molecule has 0 amide bonds. The van der Waals surface area contributed by atoms with Crippen LogP contribution >= 0.6 is 15.9 Å². The molecular formula is C17H26BrNO2. The fraction of sp³-hybridized carbons (Fsp3) is 0.647. The molecule has 0 radical (unpaired) electrons. The van der Waals surface area contributed by atoms with E-state index in [0.717, 1.165) is 28.9 Å². The number of nitrogens with one attached hydrogen (secondary N) is 1. The van der Waals surface area contributed by atoms with Crippen LogP contribution in [0.15, 0.2) is 16.6 Å². The molecule has 2 unspecified atom stereocenters. The fourth-order valence-electron chi connectivity index (χ4n) is 3.14. The van der Waals surface area contributed by atoms with E-state index in [2.05, 4.69) is 40.3 Å². The van der Waals surface area contributed by atoms with E-state index in [1.807, 2.05) is 7.05 Å². The van der Waals surface area contributed by atoms with Crippen LogP contribution < -0.4 is 14.8 Å². The van der Waals surface area contributed by atoms with Crippen molar-refractivity contribution in [2.24, 2.45) is 5.92 Å². The molecule has 1 aromatic carbocycles. The molecule has 1 aliphatic carbocycles. The van der Waals surface area contributed by atoms with E-state index >= 15 is 0 Å². The maximum absolute atomic E-state index is 6.35. The molecular weight excluding hydrogens is 330 g/mol. The van der Waals surface area contributed by atoms with Crippen LogP contribution in [0.3, 0.4) is 0 Å². The molecule has 0 bridgehead atoms. The molecule has 0 aromatic heterocycles. The summed E-state index contributed by atoms with van der Waals surface area (Å²) in [7, 11) is 3.65. The lowest BCUT2D eigenvalue weighted by atomic mass is 9.85. The molecule has 21 heavy (non-hydrogen) atoms. The second-order valence-electron chi connectivity index (χ2n) is 5.75. The molecule has 4 heteroatoms. The molecule has 0 spiro atoms. The summed E-state index contributed by atoms with van der Waals surface area (Å²) in [6.07, 6.45) is 6.51. The summed E-state index contributed by atoms with van der Waals surface area (Å²) in [6, 6.07) is 4.17. The molecule has 1 saturated carbocycles. The summed E-state index contributed by atoms with van der Waals surface area (Å²) < 4.78 is 12.9. The Balaban J connectivity index is 2.21. The topological polar surface area (TPSA) is 30.5 Å². The van der Waals surface area contributed by atoms with E-state index in [1.165, 1.54) is 31.2 Å². The largest absolute Gasteiger partial charge is 0.493 e. The zero-order chi connectivity index (χ0) is 15.2. The number of hydrogen-bond acceptors (Lipinski definition) is 3. The van der Waals surface area contributed by atoms with Gasteiger partial charge in [0.05, 0.1) is 11.6 Å². The lowest BCUT2D eigenvalue weighted by Gasteiger charge is -2.32. The van der Waals surface area contributed by atoms with E-state index < -0.39 is 0 Å². The molecule has 0 heterocycles. The first kappa shape index (κ1) is 16.6. The van der Waals surface area contributed by atoms with E-state index in [4.69, 9.17) is 9.47 Å². The molecule has 0 aliphatic heterocycles. The highest BCUT2D eigenvalue weighted by Crippen LogP contribution is 2.40. The van der Waals surface area contributed by atoms with E-state index in [-0.39, 0.29) is 0 Å². The number of hydrogen-bond donors (Lipinski definition) is 1. The average Bonchev–Trinajstić information content (AvgIpc) is 2.50. The van der Waals surface area contributed by atoms with Crippen LogP contribution in [0.1, 0.15) is 44.6 Å². The standard InChI is InChI=1S/C17H26BrNO2/c1-4-13-7-5-6-8-15(13)21-17-14(18)9-12(11-19-2)10-16(17)20-3/h9-10,13,15,19H,4-8,11H2,1-3H3. The van der Waals surface area contributed by atoms with Gasteiger partial charge in [-0.2, -0.15) is 0 Å². The van der Waals surface area contributed by atoms with Gasteiger partial charge < -0.3 is 14.8 Å². The van der Waals surface area contributed by atoms with Crippen LogP contribution in [-0.4, -0.2) is 20.3 Å². The van der Waals surface area contributed by atoms with Gasteiger partial charge in [-0.1, -0.05) is 13.3 Å². The number of halogens is 1. The summed E-state index contributed by atoms with van der Waals surface area (Å²) in [5.74, 6) is 2.32. The zero-order valence-electron chi connectivity index (χ0n) is 13.2. The van der Waals surface area contributed by atoms with Crippen LogP contribution in [0.5, 0.6) is 11.5 Å². The summed E-state index contributed by atoms with van der Waals surface area (Å²) >= 11 is 3.64. The summed E-state index contributed by atoms with van der Waals surface area (Å²) in [5.41, 5.74) is 1.18. The SMILES string of the molecule is CCC1CCCCC1Oc1c(Br)cc(CNC)cc1OC. The highest BCUT2D eigenvalue weighted by Gasteiger charge is 2.27. The Morgan fingerprint density at radius 1 is 1.29 bits per heavy atom. The first-order valence-corrected chi connectivity index (χ1v) is 8.66. The normalized spacial score (nSPS) is 22.1. The summed E-state index contributed by atoms with van der Waals surface area (Å²) in [4.78, 5) is 0. The first-order valence-electron chi connectivity index (χ1n) is 7.87. The lowest BCUT2D eigenvalue weighted by Crippen LogP contribution is -2.30. The van der Waals surface area contributed by atoms with Gasteiger partial charge in [-0.05, 0) is 72.3 Å². The van der Waals surface area contributed by atoms with Crippen LogP contribution in [0, 0.1) is 5.92 Å². The van der Waals surface area contributed by atoms with Gasteiger partial charge in [0.1, 0.15) is 6.10 Å². The van der Waals surface area contributed by atoms with Crippen LogP contribution in [-0.2, 0) is 6.54 Å². The molecule has 2 rings (SSSR count). The van der Waals surface area contributed by atoms with Crippen molar-refractivity contribution in [2.75, 3.05) is 14.2 Å². The molecule has 1 N–H and O–H groups in total. The molecule has 1 aliphatic rings. The maximum atomic E-state index is 6.35. The molecule has 0 saturated heterocycles. The third-order valence-corrected chi connectivity index (χ3v) is 4.89. The Morgan fingerprint density at radius 2 is 2.05 bits per heavy atom. The van der Waals surface area contributed by atoms with Gasteiger partial charge in [-0.25, -0.2) is 0 Å². The number of benzene rings is 1. The third kappa shape index (κ3) is 4.13. The summed E-state index contributed by atoms with van der Waals surface area (Å²) in [5, 5.41) is 3.16. The van der Waals surface area contributed by atoms with Gasteiger partial charge in [0.15, 0.2) is 11.5 Å². The van der Waals surface area contributed by atoms with Crippen LogP contribution in [0.25, 0.3) is 0 Å². The van der Waals surface area contributed by atoms with E-state index in [0.29, 0.717) is 12.0 Å². The highest BCUT2D eigenvalue weighted by atomic mass is 79.9. The monoisotopic (exact) mass is 355 g/mol. The van der Waals surface area contributed by atoms with E-state index in [1.54, 1.807) is 7.11 Å². The van der Waals surface area contributed by atoms with Gasteiger partial charge in [-0.3, -0.25) is 0 Å². The van der Waals surface area contributed by atoms with Crippen LogP contribution in [0.4, 0.5) is 0 Å². The highest BCUT2D eigenvalue weighted by molar-refractivity contribution is 9.10. The van der Waals surface area contributed by atoms with Gasteiger partial charge in [-0.15, -0.1) is 0 Å². The second-order valence-corrected chi connectivity index (χ2v) is 6.60. The van der Waals surface area contributed by atoms with Crippen molar-refractivity contribution in [1.82, 2.24) is 5.32 Å². The minimum atomic E-state index is 0.309. The second kappa shape index (κ2) is 8.04. The van der Waals surface area contributed by atoms with Crippen molar-refractivity contribution >= 4 is 15.9 Å². The molecule has 2 atom stereocenters. The van der Waals surface area contributed by atoms with Gasteiger partial charge in [0, 0.05) is 6.54 Å². The van der Waals surface area contributed by atoms with Crippen molar-refractivity contribution < 1.29 is 9.47 Å². The Morgan fingerprint density at radius 3 is 2.71 bits per heavy atom. The average molecular weight is 356 g/mol. The van der Waals surface area contributed by atoms with Crippen molar-refractivity contribution in [1.29, 1.82) is 0 Å². The Kier molecular flexibility index (Phi) is 6.37. The maximum Gasteiger partial charge on any atom is 0.175 e. The van der Waals surface area contributed by atoms with Gasteiger partial charge >= 0.3 is 0 Å². The quantitative estimate of drug-likeness (QED) is 0.813. The van der Waals surface area contributed by atoms with Crippen LogP contribution in [0.2, 0.25) is 0 Å².